The zero-order valence-corrected chi connectivity index (χ0v) is 25.0. The predicted molar refractivity (Wildman–Crippen MR) is 180 cm³/mol. The molecule has 7 aromatic rings. The van der Waals surface area contributed by atoms with Gasteiger partial charge in [-0.2, -0.15) is 0 Å². The van der Waals surface area contributed by atoms with Gasteiger partial charge in [-0.25, -0.2) is 29.9 Å². The fourth-order valence-corrected chi connectivity index (χ4v) is 6.29. The van der Waals surface area contributed by atoms with Crippen LogP contribution in [0.5, 0.6) is 0 Å². The highest BCUT2D eigenvalue weighted by atomic mass is 35.5. The Hall–Kier alpha value is -6.00. The quantitative estimate of drug-likeness (QED) is 0.172. The van der Waals surface area contributed by atoms with E-state index in [1.807, 2.05) is 91.9 Å². The van der Waals surface area contributed by atoms with Crippen molar-refractivity contribution in [3.8, 4) is 45.6 Å². The van der Waals surface area contributed by atoms with E-state index in [0.717, 1.165) is 49.4 Å². The standard InChI is InChI=1S/C35H22ClN9O/c1-17-25(37-26(46)16-36)15-14-24-27(17)35-44-33-23-13-7-6-12-22(23)31(42-33)40-29-19-9-3-2-8-18(19)28(38-29)39-30-20-10-4-5-11-21(20)32(41-30)43-34(24)45-35/h2-15H,16H2,1H3,(H,37,46)(H2,38,39,40,41,42,43,44,45). The average Bonchev–Trinajstić information content (AvgIpc) is 3.81. The van der Waals surface area contributed by atoms with Crippen LogP contribution in [-0.2, 0) is 4.79 Å². The number of H-pyrrole nitrogens is 2. The van der Waals surface area contributed by atoms with Crippen molar-refractivity contribution >= 4 is 67.3 Å². The fraction of sp³-hybridized carbons (Fsp3) is 0.0571. The van der Waals surface area contributed by atoms with Gasteiger partial charge in [0.1, 0.15) is 28.5 Å². The van der Waals surface area contributed by atoms with Gasteiger partial charge in [-0.3, -0.25) is 4.79 Å². The molecule has 9 rings (SSSR count). The molecule has 0 fully saturated rings. The molecule has 4 aromatic carbocycles. The first-order valence-corrected chi connectivity index (χ1v) is 15.2. The van der Waals surface area contributed by atoms with Gasteiger partial charge in [-0.05, 0) is 24.6 Å². The van der Waals surface area contributed by atoms with Crippen molar-refractivity contribution in [2.75, 3.05) is 11.2 Å². The highest BCUT2D eigenvalue weighted by Crippen LogP contribution is 2.37. The third-order valence-corrected chi connectivity index (χ3v) is 8.62. The molecule has 5 heterocycles. The van der Waals surface area contributed by atoms with E-state index in [1.165, 1.54) is 0 Å². The zero-order valence-electron chi connectivity index (χ0n) is 24.3. The highest BCUT2D eigenvalue weighted by molar-refractivity contribution is 6.29. The number of hydrogen-bond donors (Lipinski definition) is 3. The van der Waals surface area contributed by atoms with Gasteiger partial charge in [0.2, 0.25) is 5.91 Å². The summed E-state index contributed by atoms with van der Waals surface area (Å²) in [7, 11) is 0. The second kappa shape index (κ2) is 10.0. The molecule has 0 aliphatic carbocycles. The lowest BCUT2D eigenvalue weighted by molar-refractivity contribution is -0.113. The van der Waals surface area contributed by atoms with Crippen LogP contribution in [0.25, 0.3) is 89.7 Å². The molecule has 3 aromatic heterocycles. The van der Waals surface area contributed by atoms with E-state index in [0.29, 0.717) is 51.6 Å². The van der Waals surface area contributed by atoms with Crippen LogP contribution in [0, 0.1) is 6.92 Å². The largest absolute Gasteiger partial charge is 0.325 e. The molecular weight excluding hydrogens is 598 g/mol. The molecule has 0 saturated carbocycles. The Bertz CT molecular complexity index is 2600. The number of anilines is 1. The Morgan fingerprint density at radius 2 is 1.02 bits per heavy atom. The first kappa shape index (κ1) is 26.4. The van der Waals surface area contributed by atoms with Gasteiger partial charge in [0, 0.05) is 49.5 Å². The van der Waals surface area contributed by atoms with Crippen molar-refractivity contribution in [1.29, 1.82) is 0 Å². The van der Waals surface area contributed by atoms with Crippen molar-refractivity contribution < 1.29 is 4.79 Å². The SMILES string of the molecule is Cc1c(NC(=O)CCl)ccc2c3nc4nc(nc5[nH]c(nc6nc(nc([nH]3)c12)-c1ccccc1-6)c1ccccc51)-c1ccccc1-4. The van der Waals surface area contributed by atoms with E-state index < -0.39 is 0 Å². The van der Waals surface area contributed by atoms with E-state index in [-0.39, 0.29) is 11.8 Å². The average molecular weight is 620 g/mol. The lowest BCUT2D eigenvalue weighted by Crippen LogP contribution is -2.13. The number of amides is 1. The minimum Gasteiger partial charge on any atom is -0.325 e. The first-order valence-electron chi connectivity index (χ1n) is 14.7. The molecule has 0 unspecified atom stereocenters. The van der Waals surface area contributed by atoms with Crippen LogP contribution in [0.2, 0.25) is 0 Å². The maximum atomic E-state index is 12.3. The Labute approximate surface area is 265 Å². The first-order chi connectivity index (χ1) is 22.6. The summed E-state index contributed by atoms with van der Waals surface area (Å²) in [5.41, 5.74) is 7.30. The minimum absolute atomic E-state index is 0.154. The number of carbonyl (C=O) groups is 1. The van der Waals surface area contributed by atoms with E-state index in [1.54, 1.807) is 0 Å². The number of aromatic nitrogens is 8. The summed E-state index contributed by atoms with van der Waals surface area (Å²) in [5, 5.41) is 6.34. The summed E-state index contributed by atoms with van der Waals surface area (Å²) >= 11 is 5.82. The third kappa shape index (κ3) is 4.00. The molecule has 1 amide bonds. The van der Waals surface area contributed by atoms with Gasteiger partial charge in [-0.1, -0.05) is 72.8 Å². The van der Waals surface area contributed by atoms with Gasteiger partial charge >= 0.3 is 0 Å². The molecular formula is C35H22ClN9O. The molecule has 220 valence electrons. The number of fused-ring (bicyclic) bond motifs is 20. The minimum atomic E-state index is -0.299. The molecule has 0 saturated heterocycles. The van der Waals surface area contributed by atoms with Crippen molar-refractivity contribution in [2.24, 2.45) is 0 Å². The van der Waals surface area contributed by atoms with Gasteiger partial charge in [0.15, 0.2) is 23.3 Å². The highest BCUT2D eigenvalue weighted by Gasteiger charge is 2.22. The van der Waals surface area contributed by atoms with Crippen molar-refractivity contribution in [3.63, 3.8) is 0 Å². The number of rotatable bonds is 2. The van der Waals surface area contributed by atoms with Gasteiger partial charge in [0.05, 0.1) is 0 Å². The zero-order chi connectivity index (χ0) is 30.9. The van der Waals surface area contributed by atoms with Crippen LogP contribution >= 0.6 is 11.6 Å². The van der Waals surface area contributed by atoms with Crippen LogP contribution < -0.4 is 5.32 Å². The maximum Gasteiger partial charge on any atom is 0.239 e. The van der Waals surface area contributed by atoms with E-state index in [4.69, 9.17) is 41.5 Å². The molecule has 46 heavy (non-hydrogen) atoms. The van der Waals surface area contributed by atoms with E-state index >= 15 is 0 Å². The normalized spacial score (nSPS) is 11.9. The molecule has 0 spiro atoms. The Kier molecular flexibility index (Phi) is 5.75. The van der Waals surface area contributed by atoms with Crippen molar-refractivity contribution in [2.45, 2.75) is 6.92 Å². The second-order valence-electron chi connectivity index (χ2n) is 11.1. The number of aromatic amines is 2. The summed E-state index contributed by atoms with van der Waals surface area (Å²) < 4.78 is 0. The molecule has 8 bridgehead atoms. The van der Waals surface area contributed by atoms with Gasteiger partial charge in [0.25, 0.3) is 0 Å². The number of nitrogens with one attached hydrogen (secondary N) is 3. The Morgan fingerprint density at radius 1 is 0.587 bits per heavy atom. The van der Waals surface area contributed by atoms with Gasteiger partial charge in [-0.15, -0.1) is 11.6 Å². The molecule has 2 aliphatic heterocycles. The van der Waals surface area contributed by atoms with Crippen molar-refractivity contribution in [3.05, 3.63) is 90.5 Å². The Balaban J connectivity index is 1.47. The summed E-state index contributed by atoms with van der Waals surface area (Å²) in [4.78, 5) is 49.2. The summed E-state index contributed by atoms with van der Waals surface area (Å²) in [6.45, 7) is 1.93. The molecule has 3 N–H and O–H groups in total. The number of carbonyl (C=O) groups excluding carboxylic acids is 1. The number of hydrogen-bond acceptors (Lipinski definition) is 7. The van der Waals surface area contributed by atoms with Gasteiger partial charge < -0.3 is 15.3 Å². The number of nitrogens with zero attached hydrogens (tertiary/aromatic N) is 6. The summed E-state index contributed by atoms with van der Waals surface area (Å²) in [5.74, 6) is 1.65. The monoisotopic (exact) mass is 619 g/mol. The van der Waals surface area contributed by atoms with Crippen molar-refractivity contribution in [1.82, 2.24) is 39.9 Å². The van der Waals surface area contributed by atoms with Crippen LogP contribution in [-0.4, -0.2) is 51.7 Å². The third-order valence-electron chi connectivity index (χ3n) is 8.38. The Morgan fingerprint density at radius 3 is 1.52 bits per heavy atom. The topological polar surface area (TPSA) is 138 Å². The maximum absolute atomic E-state index is 12.3. The van der Waals surface area contributed by atoms with Crippen LogP contribution in [0.3, 0.4) is 0 Å². The molecule has 11 heteroatoms. The lowest BCUT2D eigenvalue weighted by atomic mass is 10.1. The lowest BCUT2D eigenvalue weighted by Gasteiger charge is -2.08. The van der Waals surface area contributed by atoms with E-state index in [9.17, 15) is 4.79 Å². The number of aryl methyl sites for hydroxylation is 1. The van der Waals surface area contributed by atoms with Crippen LogP contribution in [0.4, 0.5) is 5.69 Å². The molecule has 10 nitrogen and oxygen atoms in total. The van der Waals surface area contributed by atoms with Crippen LogP contribution in [0.15, 0.2) is 84.9 Å². The fourth-order valence-electron chi connectivity index (χ4n) is 6.22. The molecule has 0 radical (unpaired) electrons. The predicted octanol–water partition coefficient (Wildman–Crippen LogP) is 7.35. The van der Waals surface area contributed by atoms with E-state index in [2.05, 4.69) is 15.3 Å². The summed E-state index contributed by atoms with van der Waals surface area (Å²) in [6, 6.07) is 27.6. The number of halogens is 1. The van der Waals surface area contributed by atoms with Crippen LogP contribution in [0.1, 0.15) is 5.56 Å². The summed E-state index contributed by atoms with van der Waals surface area (Å²) in [6.07, 6.45) is 0. The molecule has 2 aliphatic rings. The second-order valence-corrected chi connectivity index (χ2v) is 11.4. The number of benzene rings is 4. The number of alkyl halides is 1. The molecule has 0 atom stereocenters. The smallest absolute Gasteiger partial charge is 0.239 e.